The fraction of sp³-hybridized carbons (Fsp3) is 0.667. The first-order valence-electron chi connectivity index (χ1n) is 6.35. The molecule has 0 radical (unpaired) electrons. The van der Waals surface area contributed by atoms with E-state index in [1.54, 1.807) is 13.8 Å². The minimum atomic E-state index is -0.809. The third-order valence-electron chi connectivity index (χ3n) is 3.43. The van der Waals surface area contributed by atoms with Gasteiger partial charge in [0.25, 0.3) is 5.56 Å². The maximum atomic E-state index is 11.8. The number of aliphatic hydroxyl groups excluding tert-OH is 1. The van der Waals surface area contributed by atoms with Gasteiger partial charge in [0.05, 0.1) is 6.61 Å². The van der Waals surface area contributed by atoms with Crippen molar-refractivity contribution in [3.8, 4) is 0 Å². The Morgan fingerprint density at radius 3 is 2.70 bits per heavy atom. The maximum absolute atomic E-state index is 11.8. The summed E-state index contributed by atoms with van der Waals surface area (Å²) in [7, 11) is 0. The zero-order valence-electron chi connectivity index (χ0n) is 11.1. The topological polar surface area (TPSA) is 103 Å². The predicted molar refractivity (Wildman–Crippen MR) is 66.1 cm³/mol. The van der Waals surface area contributed by atoms with E-state index in [0.29, 0.717) is 0 Å². The van der Waals surface area contributed by atoms with Gasteiger partial charge in [-0.25, -0.2) is 4.79 Å². The summed E-state index contributed by atoms with van der Waals surface area (Å²) >= 11 is 0. The molecule has 2 fully saturated rings. The molecule has 3 rings (SSSR count). The second kappa shape index (κ2) is 4.52. The van der Waals surface area contributed by atoms with Crippen LogP contribution in [0.4, 0.5) is 0 Å². The van der Waals surface area contributed by atoms with Gasteiger partial charge in [0, 0.05) is 12.3 Å². The van der Waals surface area contributed by atoms with Crippen LogP contribution >= 0.6 is 0 Å². The fourth-order valence-electron chi connectivity index (χ4n) is 2.66. The van der Waals surface area contributed by atoms with Crippen molar-refractivity contribution >= 4 is 0 Å². The minimum absolute atomic E-state index is 0.241. The Kier molecular flexibility index (Phi) is 3.05. The van der Waals surface area contributed by atoms with Crippen molar-refractivity contribution in [3.05, 3.63) is 33.1 Å². The smallest absolute Gasteiger partial charge is 0.330 e. The number of fused-ring (bicyclic) bond motifs is 1. The molecule has 8 heteroatoms. The van der Waals surface area contributed by atoms with Gasteiger partial charge in [-0.15, -0.1) is 0 Å². The number of hydrogen-bond donors (Lipinski definition) is 2. The van der Waals surface area contributed by atoms with Gasteiger partial charge in [0.15, 0.2) is 12.0 Å². The van der Waals surface area contributed by atoms with Gasteiger partial charge >= 0.3 is 5.69 Å². The summed E-state index contributed by atoms with van der Waals surface area (Å²) in [5.74, 6) is -0.809. The first kappa shape index (κ1) is 13.5. The number of aromatic nitrogens is 2. The van der Waals surface area contributed by atoms with Crippen LogP contribution < -0.4 is 11.2 Å². The van der Waals surface area contributed by atoms with E-state index < -0.39 is 41.6 Å². The zero-order valence-corrected chi connectivity index (χ0v) is 11.1. The van der Waals surface area contributed by atoms with E-state index in [4.69, 9.17) is 14.2 Å². The second-order valence-corrected chi connectivity index (χ2v) is 5.33. The molecule has 2 aliphatic rings. The van der Waals surface area contributed by atoms with Crippen molar-refractivity contribution in [3.63, 3.8) is 0 Å². The van der Waals surface area contributed by atoms with E-state index in [9.17, 15) is 14.7 Å². The largest absolute Gasteiger partial charge is 0.394 e. The lowest BCUT2D eigenvalue weighted by atomic mass is 10.1. The molecule has 0 aliphatic carbocycles. The normalized spacial score (nSPS) is 35.1. The molecule has 1 aromatic rings. The Morgan fingerprint density at radius 1 is 1.35 bits per heavy atom. The summed E-state index contributed by atoms with van der Waals surface area (Å²) in [6.45, 7) is 3.27. The van der Waals surface area contributed by atoms with Crippen LogP contribution in [0.2, 0.25) is 0 Å². The molecule has 2 N–H and O–H groups in total. The summed E-state index contributed by atoms with van der Waals surface area (Å²) < 4.78 is 18.3. The highest BCUT2D eigenvalue weighted by Gasteiger charge is 2.55. The van der Waals surface area contributed by atoms with Crippen molar-refractivity contribution < 1.29 is 19.3 Å². The quantitative estimate of drug-likeness (QED) is 0.718. The van der Waals surface area contributed by atoms with E-state index in [2.05, 4.69) is 4.98 Å². The predicted octanol–water partition coefficient (Wildman–Crippen LogP) is -1.05. The van der Waals surface area contributed by atoms with Gasteiger partial charge in [0.2, 0.25) is 0 Å². The van der Waals surface area contributed by atoms with Crippen molar-refractivity contribution in [1.82, 2.24) is 9.55 Å². The van der Waals surface area contributed by atoms with Crippen LogP contribution in [0.15, 0.2) is 21.9 Å². The van der Waals surface area contributed by atoms with Crippen molar-refractivity contribution in [2.75, 3.05) is 6.61 Å². The first-order valence-corrected chi connectivity index (χ1v) is 6.35. The molecular weight excluding hydrogens is 268 g/mol. The van der Waals surface area contributed by atoms with Crippen molar-refractivity contribution in [1.29, 1.82) is 0 Å². The van der Waals surface area contributed by atoms with Crippen LogP contribution in [0.25, 0.3) is 0 Å². The van der Waals surface area contributed by atoms with E-state index in [0.717, 1.165) is 0 Å². The van der Waals surface area contributed by atoms with Crippen LogP contribution in [0, 0.1) is 0 Å². The molecule has 20 heavy (non-hydrogen) atoms. The van der Waals surface area contributed by atoms with E-state index in [1.807, 2.05) is 0 Å². The van der Waals surface area contributed by atoms with E-state index in [1.165, 1.54) is 16.8 Å². The molecule has 1 aromatic heterocycles. The monoisotopic (exact) mass is 284 g/mol. The van der Waals surface area contributed by atoms with Gasteiger partial charge in [-0.1, -0.05) is 0 Å². The van der Waals surface area contributed by atoms with Crippen LogP contribution in [0.5, 0.6) is 0 Å². The molecule has 110 valence electrons. The first-order chi connectivity index (χ1) is 9.41. The van der Waals surface area contributed by atoms with E-state index in [-0.39, 0.29) is 6.61 Å². The number of aliphatic hydroxyl groups is 1. The minimum Gasteiger partial charge on any atom is -0.394 e. The Morgan fingerprint density at radius 2 is 2.05 bits per heavy atom. The lowest BCUT2D eigenvalue weighted by molar-refractivity contribution is -0.200. The summed E-state index contributed by atoms with van der Waals surface area (Å²) in [5, 5.41) is 9.36. The second-order valence-electron chi connectivity index (χ2n) is 5.33. The van der Waals surface area contributed by atoms with Gasteiger partial charge in [0.1, 0.15) is 18.3 Å². The van der Waals surface area contributed by atoms with Crippen LogP contribution in [-0.4, -0.2) is 45.4 Å². The molecule has 8 nitrogen and oxygen atoms in total. The number of ether oxygens (including phenoxy) is 3. The Labute approximate surface area is 113 Å². The van der Waals surface area contributed by atoms with E-state index >= 15 is 0 Å². The molecule has 0 saturated carbocycles. The maximum Gasteiger partial charge on any atom is 0.330 e. The summed E-state index contributed by atoms with van der Waals surface area (Å²) in [4.78, 5) is 25.1. The highest BCUT2D eigenvalue weighted by molar-refractivity contribution is 4.98. The molecule has 2 aliphatic heterocycles. The third-order valence-corrected chi connectivity index (χ3v) is 3.43. The highest BCUT2D eigenvalue weighted by atomic mass is 16.8. The number of nitrogens with one attached hydrogen (secondary N) is 1. The molecule has 2 saturated heterocycles. The molecule has 0 amide bonds. The standard InChI is InChI=1S/C12H16N2O6/c1-12(2)19-8-6(5-15)18-10(9(8)20-12)14-4-3-7(16)13-11(14)17/h3-4,6,8-10,15H,5H2,1-2H3,(H,13,16,17)/t6-,8-,9+,10-/m0/s1. The van der Waals surface area contributed by atoms with Gasteiger partial charge in [-0.3, -0.25) is 14.3 Å². The molecule has 0 aromatic carbocycles. The highest BCUT2D eigenvalue weighted by Crippen LogP contribution is 2.42. The number of hydrogen-bond acceptors (Lipinski definition) is 6. The average molecular weight is 284 g/mol. The fourth-order valence-corrected chi connectivity index (χ4v) is 2.66. The SMILES string of the molecule is CC1(C)O[C@@H]2[C@@H](O1)[C@@H](n1ccc(=O)[nH]c1=O)O[C@H]2CO. The molecule has 0 spiro atoms. The Balaban J connectivity index is 1.98. The molecular formula is C12H16N2O6. The van der Waals surface area contributed by atoms with Gasteiger partial charge < -0.3 is 19.3 Å². The van der Waals surface area contributed by atoms with Crippen molar-refractivity contribution in [2.24, 2.45) is 0 Å². The number of H-pyrrole nitrogens is 1. The summed E-state index contributed by atoms with van der Waals surface area (Å²) in [5.41, 5.74) is -1.07. The number of nitrogens with zero attached hydrogens (tertiary/aromatic N) is 1. The molecule has 3 heterocycles. The van der Waals surface area contributed by atoms with Gasteiger partial charge in [-0.05, 0) is 13.8 Å². The lowest BCUT2D eigenvalue weighted by Gasteiger charge is -2.24. The molecule has 4 atom stereocenters. The summed E-state index contributed by atoms with van der Waals surface area (Å²) in [6, 6.07) is 1.23. The van der Waals surface area contributed by atoms with Crippen LogP contribution in [-0.2, 0) is 14.2 Å². The summed E-state index contributed by atoms with van der Waals surface area (Å²) in [6.07, 6.45) is -0.962. The average Bonchev–Trinajstić information content (AvgIpc) is 2.83. The van der Waals surface area contributed by atoms with Gasteiger partial charge in [-0.2, -0.15) is 0 Å². The third kappa shape index (κ3) is 2.10. The molecule has 0 bridgehead atoms. The number of aromatic amines is 1. The van der Waals surface area contributed by atoms with Crippen LogP contribution in [0.3, 0.4) is 0 Å². The number of rotatable bonds is 2. The lowest BCUT2D eigenvalue weighted by Crippen LogP contribution is -2.37. The zero-order chi connectivity index (χ0) is 14.5. The van der Waals surface area contributed by atoms with Crippen LogP contribution in [0.1, 0.15) is 20.1 Å². The Hall–Kier alpha value is -1.48. The molecule has 0 unspecified atom stereocenters. The van der Waals surface area contributed by atoms with Crippen molar-refractivity contribution in [2.45, 2.75) is 44.2 Å². The Bertz CT molecular complexity index is 621.